The minimum absolute atomic E-state index is 0.0167. The van der Waals surface area contributed by atoms with Gasteiger partial charge >= 0.3 is 12.4 Å². The number of aromatic nitrogens is 1. The number of carbonyl (C=O) groups excluding carboxylic acids is 2. The number of fused-ring (bicyclic) bond motifs is 1. The molecule has 0 bridgehead atoms. The van der Waals surface area contributed by atoms with E-state index < -0.39 is 47.9 Å². The summed E-state index contributed by atoms with van der Waals surface area (Å²) in [6.45, 7) is 2.04. The maximum atomic E-state index is 13.4. The summed E-state index contributed by atoms with van der Waals surface area (Å²) in [6.07, 6.45) is -8.29. The van der Waals surface area contributed by atoms with Crippen LogP contribution in [0.3, 0.4) is 0 Å². The Kier molecular flexibility index (Phi) is 9.37. The lowest BCUT2D eigenvalue weighted by Crippen LogP contribution is -2.53. The second kappa shape index (κ2) is 13.2. The first-order chi connectivity index (χ1) is 21.4. The van der Waals surface area contributed by atoms with Crippen molar-refractivity contribution in [3.05, 3.63) is 101 Å². The van der Waals surface area contributed by atoms with E-state index in [1.807, 2.05) is 59.5 Å². The normalized spacial score (nSPS) is 15.2. The van der Waals surface area contributed by atoms with Crippen molar-refractivity contribution in [3.8, 4) is 0 Å². The van der Waals surface area contributed by atoms with Gasteiger partial charge in [0, 0.05) is 61.9 Å². The Hall–Kier alpha value is -4.52. The zero-order chi connectivity index (χ0) is 32.2. The molecule has 7 nitrogen and oxygen atoms in total. The van der Waals surface area contributed by atoms with Gasteiger partial charge in [-0.1, -0.05) is 36.4 Å². The minimum atomic E-state index is -5.02. The molecule has 3 N–H and O–H groups in total. The molecule has 238 valence electrons. The van der Waals surface area contributed by atoms with Crippen LogP contribution in [0.25, 0.3) is 10.9 Å². The lowest BCUT2D eigenvalue weighted by molar-refractivity contribution is -0.143. The van der Waals surface area contributed by atoms with E-state index in [-0.39, 0.29) is 24.6 Å². The first kappa shape index (κ1) is 31.9. The number of halogens is 6. The summed E-state index contributed by atoms with van der Waals surface area (Å²) >= 11 is 0. The molecule has 1 aliphatic rings. The van der Waals surface area contributed by atoms with Gasteiger partial charge in [-0.05, 0) is 47.5 Å². The topological polar surface area (TPSA) is 80.5 Å². The van der Waals surface area contributed by atoms with E-state index >= 15 is 0 Å². The Balaban J connectivity index is 1.28. The number of aromatic amines is 1. The molecule has 1 aromatic heterocycles. The molecule has 0 aliphatic carbocycles. The molecule has 0 radical (unpaired) electrons. The van der Waals surface area contributed by atoms with Crippen LogP contribution in [0.15, 0.2) is 79.0 Å². The van der Waals surface area contributed by atoms with Crippen molar-refractivity contribution in [1.82, 2.24) is 20.5 Å². The van der Waals surface area contributed by atoms with Gasteiger partial charge in [-0.25, -0.2) is 0 Å². The van der Waals surface area contributed by atoms with Crippen LogP contribution in [0.1, 0.15) is 22.3 Å². The molecule has 2 amide bonds. The molecule has 4 aromatic rings. The lowest BCUT2D eigenvalue weighted by Gasteiger charge is -2.35. The molecule has 3 aromatic carbocycles. The third kappa shape index (κ3) is 8.15. The van der Waals surface area contributed by atoms with Crippen molar-refractivity contribution in [3.63, 3.8) is 0 Å². The van der Waals surface area contributed by atoms with E-state index in [0.717, 1.165) is 16.6 Å². The molecule has 1 aliphatic heterocycles. The first-order valence-corrected chi connectivity index (χ1v) is 14.3. The van der Waals surface area contributed by atoms with Crippen molar-refractivity contribution in [1.29, 1.82) is 0 Å². The van der Waals surface area contributed by atoms with Crippen molar-refractivity contribution >= 4 is 28.4 Å². The predicted molar refractivity (Wildman–Crippen MR) is 157 cm³/mol. The fraction of sp³-hybridized carbons (Fsp3) is 0.312. The molecule has 1 atom stereocenters. The van der Waals surface area contributed by atoms with E-state index in [1.165, 1.54) is 0 Å². The van der Waals surface area contributed by atoms with E-state index in [0.29, 0.717) is 43.9 Å². The average Bonchev–Trinajstić information content (AvgIpc) is 3.42. The van der Waals surface area contributed by atoms with Crippen LogP contribution < -0.4 is 15.5 Å². The number of nitrogens with one attached hydrogen (secondary N) is 3. The number of amides is 2. The van der Waals surface area contributed by atoms with Crippen LogP contribution in [0.5, 0.6) is 0 Å². The summed E-state index contributed by atoms with van der Waals surface area (Å²) in [5.41, 5.74) is -0.729. The number of nitrogens with zero attached hydrogens (tertiary/aromatic N) is 2. The van der Waals surface area contributed by atoms with Gasteiger partial charge in [-0.3, -0.25) is 14.5 Å². The molecule has 5 rings (SSSR count). The molecular formula is C32H31F6N5O2. The zero-order valence-corrected chi connectivity index (χ0v) is 24.0. The van der Waals surface area contributed by atoms with Crippen LogP contribution in [0, 0.1) is 0 Å². The third-order valence-electron chi connectivity index (χ3n) is 7.73. The molecule has 2 heterocycles. The third-order valence-corrected chi connectivity index (χ3v) is 7.73. The molecule has 1 unspecified atom stereocenters. The zero-order valence-electron chi connectivity index (χ0n) is 24.0. The van der Waals surface area contributed by atoms with Crippen LogP contribution >= 0.6 is 0 Å². The molecular weight excluding hydrogens is 600 g/mol. The van der Waals surface area contributed by atoms with Crippen LogP contribution in [-0.4, -0.2) is 60.5 Å². The standard InChI is InChI=1S/C32H31F6N5O2/c33-31(34,35)23-14-21(15-24(17-23)32(36,37)38)18-40-30(45)28(16-22-19-39-27-9-5-4-8-26(22)27)41-29(44)20-42-10-12-43(13-11-42)25-6-2-1-3-7-25/h1-9,14-15,17,19,28,39H,10-13,16,18,20H2,(H,40,45)(H,41,44). The van der Waals surface area contributed by atoms with Gasteiger partial charge in [0.2, 0.25) is 11.8 Å². The number of para-hydroxylation sites is 2. The SMILES string of the molecule is O=C(CN1CCN(c2ccccc2)CC1)NC(Cc1c[nH]c2ccccc12)C(=O)NCc1cc(C(F)(F)F)cc(C(F)(F)F)c1. The molecule has 0 spiro atoms. The van der Waals surface area contributed by atoms with Crippen molar-refractivity contribution in [2.75, 3.05) is 37.6 Å². The van der Waals surface area contributed by atoms with E-state index in [2.05, 4.69) is 20.5 Å². The number of H-pyrrole nitrogens is 1. The molecule has 13 heteroatoms. The number of carbonyl (C=O) groups is 2. The lowest BCUT2D eigenvalue weighted by atomic mass is 10.0. The van der Waals surface area contributed by atoms with Gasteiger partial charge in [-0.2, -0.15) is 26.3 Å². The summed E-state index contributed by atoms with van der Waals surface area (Å²) < 4.78 is 80.0. The number of hydrogen-bond acceptors (Lipinski definition) is 4. The average molecular weight is 632 g/mol. The second-order valence-electron chi connectivity index (χ2n) is 10.9. The van der Waals surface area contributed by atoms with Crippen LogP contribution in [0.2, 0.25) is 0 Å². The summed E-state index contributed by atoms with van der Waals surface area (Å²) in [6, 6.07) is 17.2. The Bertz CT molecular complexity index is 1600. The Morgan fingerprint density at radius 2 is 1.44 bits per heavy atom. The first-order valence-electron chi connectivity index (χ1n) is 14.3. The number of piperazine rings is 1. The molecule has 1 fully saturated rings. The Morgan fingerprint density at radius 1 is 0.822 bits per heavy atom. The van der Waals surface area contributed by atoms with E-state index in [9.17, 15) is 35.9 Å². The Labute approximate surface area is 255 Å². The van der Waals surface area contributed by atoms with Crippen molar-refractivity contribution < 1.29 is 35.9 Å². The van der Waals surface area contributed by atoms with Gasteiger partial charge in [0.15, 0.2) is 0 Å². The van der Waals surface area contributed by atoms with Crippen LogP contribution in [0.4, 0.5) is 32.0 Å². The highest BCUT2D eigenvalue weighted by Crippen LogP contribution is 2.36. The summed E-state index contributed by atoms with van der Waals surface area (Å²) in [7, 11) is 0. The molecule has 1 saturated heterocycles. The van der Waals surface area contributed by atoms with Gasteiger partial charge in [0.1, 0.15) is 6.04 Å². The minimum Gasteiger partial charge on any atom is -0.369 e. The number of alkyl halides is 6. The number of rotatable bonds is 9. The van der Waals surface area contributed by atoms with Crippen molar-refractivity contribution in [2.24, 2.45) is 0 Å². The number of benzene rings is 3. The van der Waals surface area contributed by atoms with E-state index in [1.54, 1.807) is 6.20 Å². The second-order valence-corrected chi connectivity index (χ2v) is 10.9. The highest BCUT2D eigenvalue weighted by Gasteiger charge is 2.37. The highest BCUT2D eigenvalue weighted by molar-refractivity contribution is 5.90. The summed E-state index contributed by atoms with van der Waals surface area (Å²) in [5, 5.41) is 5.98. The van der Waals surface area contributed by atoms with Crippen LogP contribution in [-0.2, 0) is 34.9 Å². The maximum Gasteiger partial charge on any atom is 0.416 e. The Morgan fingerprint density at radius 3 is 2.09 bits per heavy atom. The fourth-order valence-electron chi connectivity index (χ4n) is 5.41. The van der Waals surface area contributed by atoms with Gasteiger partial charge in [0.25, 0.3) is 0 Å². The smallest absolute Gasteiger partial charge is 0.369 e. The quantitative estimate of drug-likeness (QED) is 0.217. The van der Waals surface area contributed by atoms with Gasteiger partial charge in [-0.15, -0.1) is 0 Å². The highest BCUT2D eigenvalue weighted by atomic mass is 19.4. The van der Waals surface area contributed by atoms with Crippen molar-refractivity contribution in [2.45, 2.75) is 31.4 Å². The summed E-state index contributed by atoms with van der Waals surface area (Å²) in [5.74, 6) is -1.17. The monoisotopic (exact) mass is 631 g/mol. The fourth-order valence-corrected chi connectivity index (χ4v) is 5.41. The largest absolute Gasteiger partial charge is 0.416 e. The summed E-state index contributed by atoms with van der Waals surface area (Å²) in [4.78, 5) is 33.8. The molecule has 0 saturated carbocycles. The predicted octanol–water partition coefficient (Wildman–Crippen LogP) is 5.37. The molecule has 45 heavy (non-hydrogen) atoms. The number of anilines is 1. The maximum absolute atomic E-state index is 13.4. The van der Waals surface area contributed by atoms with Gasteiger partial charge < -0.3 is 20.5 Å². The van der Waals surface area contributed by atoms with Gasteiger partial charge in [0.05, 0.1) is 17.7 Å². The van der Waals surface area contributed by atoms with E-state index in [4.69, 9.17) is 0 Å². The number of hydrogen-bond donors (Lipinski definition) is 3.